The van der Waals surface area contributed by atoms with E-state index in [4.69, 9.17) is 0 Å². The first-order valence-electron chi connectivity index (χ1n) is 6.10. The predicted molar refractivity (Wildman–Crippen MR) is 73.3 cm³/mol. The van der Waals surface area contributed by atoms with Crippen LogP contribution in [0.2, 0.25) is 0 Å². The first kappa shape index (κ1) is 11.7. The Morgan fingerprint density at radius 3 is 2.21 bits per heavy atom. The van der Waals surface area contributed by atoms with E-state index in [-0.39, 0.29) is 11.7 Å². The summed E-state index contributed by atoms with van der Waals surface area (Å²) in [7, 11) is 3.43. The van der Waals surface area contributed by atoms with Crippen molar-refractivity contribution in [2.75, 3.05) is 14.1 Å². The molecule has 0 atom stereocenters. The summed E-state index contributed by atoms with van der Waals surface area (Å²) in [6.45, 7) is 0. The third kappa shape index (κ3) is 1.58. The summed E-state index contributed by atoms with van der Waals surface area (Å²) in [5.41, 5.74) is 3.50. The Balaban J connectivity index is 2.31. The Hall–Kier alpha value is -2.42. The lowest BCUT2D eigenvalue weighted by Gasteiger charge is -2.13. The number of nitrogens with zero attached hydrogens (tertiary/aromatic N) is 1. The van der Waals surface area contributed by atoms with Crippen LogP contribution < -0.4 is 0 Å². The molecule has 0 aromatic heterocycles. The van der Waals surface area contributed by atoms with Crippen molar-refractivity contribution in [3.05, 3.63) is 59.2 Å². The molecule has 0 spiro atoms. The fourth-order valence-electron chi connectivity index (χ4n) is 2.50. The summed E-state index contributed by atoms with van der Waals surface area (Å²) in [4.78, 5) is 26.1. The Labute approximate surface area is 111 Å². The number of ketones is 1. The highest BCUT2D eigenvalue weighted by atomic mass is 16.2. The Morgan fingerprint density at radius 2 is 1.53 bits per heavy atom. The lowest BCUT2D eigenvalue weighted by Crippen LogP contribution is -2.22. The van der Waals surface area contributed by atoms with Crippen LogP contribution in [0.3, 0.4) is 0 Å². The molecule has 0 heterocycles. The summed E-state index contributed by atoms with van der Waals surface area (Å²) in [5, 5.41) is 0. The van der Waals surface area contributed by atoms with Gasteiger partial charge in [-0.3, -0.25) is 9.59 Å². The normalized spacial score (nSPS) is 12.0. The molecule has 3 nitrogen and oxygen atoms in total. The van der Waals surface area contributed by atoms with Crippen LogP contribution in [0, 0.1) is 0 Å². The molecule has 0 bridgehead atoms. The molecule has 2 aromatic carbocycles. The zero-order valence-electron chi connectivity index (χ0n) is 10.8. The molecule has 0 saturated carbocycles. The molecule has 0 aliphatic heterocycles. The lowest BCUT2D eigenvalue weighted by molar-refractivity contribution is 0.0828. The summed E-state index contributed by atoms with van der Waals surface area (Å²) >= 11 is 0. The molecule has 1 aliphatic rings. The average molecular weight is 251 g/mol. The molecule has 1 amide bonds. The summed E-state index contributed by atoms with van der Waals surface area (Å²) in [6, 6.07) is 12.8. The van der Waals surface area contributed by atoms with Gasteiger partial charge in [-0.1, -0.05) is 36.4 Å². The van der Waals surface area contributed by atoms with Gasteiger partial charge in [-0.05, 0) is 11.6 Å². The van der Waals surface area contributed by atoms with Gasteiger partial charge < -0.3 is 4.90 Å². The van der Waals surface area contributed by atoms with Crippen molar-refractivity contribution in [1.82, 2.24) is 4.90 Å². The van der Waals surface area contributed by atoms with E-state index in [0.717, 1.165) is 11.1 Å². The monoisotopic (exact) mass is 251 g/mol. The third-order valence-corrected chi connectivity index (χ3v) is 3.39. The van der Waals surface area contributed by atoms with Crippen molar-refractivity contribution in [1.29, 1.82) is 0 Å². The van der Waals surface area contributed by atoms with Gasteiger partial charge in [0.25, 0.3) is 5.91 Å². The molecule has 0 N–H and O–H groups in total. The first-order chi connectivity index (χ1) is 9.11. The van der Waals surface area contributed by atoms with E-state index in [1.54, 1.807) is 32.3 Å². The van der Waals surface area contributed by atoms with Crippen LogP contribution in [-0.2, 0) is 0 Å². The standard InChI is InChI=1S/C16H13NO2/c1-17(2)16(19)13-9-5-8-12-14(13)10-6-3-4-7-11(10)15(12)18/h3-9H,1-2H3. The molecule has 2 aromatic rings. The largest absolute Gasteiger partial charge is 0.345 e. The summed E-state index contributed by atoms with van der Waals surface area (Å²) in [6.07, 6.45) is 0. The number of fused-ring (bicyclic) bond motifs is 3. The highest BCUT2D eigenvalue weighted by molar-refractivity contribution is 6.24. The van der Waals surface area contributed by atoms with E-state index >= 15 is 0 Å². The summed E-state index contributed by atoms with van der Waals surface area (Å²) in [5.74, 6) is -0.0830. The Morgan fingerprint density at radius 1 is 0.895 bits per heavy atom. The van der Waals surface area contributed by atoms with Crippen LogP contribution in [0.25, 0.3) is 11.1 Å². The maximum Gasteiger partial charge on any atom is 0.253 e. The van der Waals surface area contributed by atoms with Crippen LogP contribution in [-0.4, -0.2) is 30.7 Å². The van der Waals surface area contributed by atoms with Crippen LogP contribution >= 0.6 is 0 Å². The number of amides is 1. The van der Waals surface area contributed by atoms with Crippen LogP contribution in [0.1, 0.15) is 26.3 Å². The zero-order chi connectivity index (χ0) is 13.6. The van der Waals surface area contributed by atoms with Crippen molar-refractivity contribution < 1.29 is 9.59 Å². The van der Waals surface area contributed by atoms with Crippen LogP contribution in [0.4, 0.5) is 0 Å². The molecular weight excluding hydrogens is 238 g/mol. The van der Waals surface area contributed by atoms with E-state index < -0.39 is 0 Å². The second kappa shape index (κ2) is 4.05. The number of benzene rings is 2. The number of hydrogen-bond donors (Lipinski definition) is 0. The maximum absolute atomic E-state index is 12.3. The van der Waals surface area contributed by atoms with Gasteiger partial charge in [0.05, 0.1) is 0 Å². The Kier molecular flexibility index (Phi) is 2.49. The van der Waals surface area contributed by atoms with Crippen molar-refractivity contribution >= 4 is 11.7 Å². The number of carbonyl (C=O) groups excluding carboxylic acids is 2. The third-order valence-electron chi connectivity index (χ3n) is 3.39. The molecule has 0 fully saturated rings. The smallest absolute Gasteiger partial charge is 0.253 e. The fraction of sp³-hybridized carbons (Fsp3) is 0.125. The highest BCUT2D eigenvalue weighted by Crippen LogP contribution is 2.38. The molecular formula is C16H13NO2. The van der Waals surface area contributed by atoms with Gasteiger partial charge in [0, 0.05) is 36.3 Å². The molecule has 94 valence electrons. The quantitative estimate of drug-likeness (QED) is 0.666. The molecule has 0 unspecified atom stereocenters. The van der Waals surface area contributed by atoms with Gasteiger partial charge in [-0.15, -0.1) is 0 Å². The SMILES string of the molecule is CN(C)C(=O)c1cccc2c1-c1ccccc1C2=O. The molecule has 0 radical (unpaired) electrons. The lowest BCUT2D eigenvalue weighted by atomic mass is 9.99. The predicted octanol–water partition coefficient (Wildman–Crippen LogP) is 2.60. The molecule has 3 rings (SSSR count). The van der Waals surface area contributed by atoms with Crippen molar-refractivity contribution in [3.63, 3.8) is 0 Å². The van der Waals surface area contributed by atoms with Crippen LogP contribution in [0.15, 0.2) is 42.5 Å². The topological polar surface area (TPSA) is 37.4 Å². The minimum atomic E-state index is -0.0821. The van der Waals surface area contributed by atoms with Gasteiger partial charge in [-0.2, -0.15) is 0 Å². The van der Waals surface area contributed by atoms with Crippen molar-refractivity contribution in [2.24, 2.45) is 0 Å². The minimum Gasteiger partial charge on any atom is -0.345 e. The fourth-order valence-corrected chi connectivity index (χ4v) is 2.50. The van der Waals surface area contributed by atoms with E-state index in [0.29, 0.717) is 16.7 Å². The molecule has 19 heavy (non-hydrogen) atoms. The second-order valence-corrected chi connectivity index (χ2v) is 4.80. The second-order valence-electron chi connectivity index (χ2n) is 4.80. The minimum absolute atomic E-state index is 0.000920. The first-order valence-corrected chi connectivity index (χ1v) is 6.10. The maximum atomic E-state index is 12.3. The van der Waals surface area contributed by atoms with Gasteiger partial charge >= 0.3 is 0 Å². The Bertz CT molecular complexity index is 702. The van der Waals surface area contributed by atoms with E-state index in [1.165, 1.54) is 4.90 Å². The van der Waals surface area contributed by atoms with Gasteiger partial charge in [0.2, 0.25) is 0 Å². The number of hydrogen-bond acceptors (Lipinski definition) is 2. The number of carbonyl (C=O) groups is 2. The van der Waals surface area contributed by atoms with Crippen molar-refractivity contribution in [2.45, 2.75) is 0 Å². The van der Waals surface area contributed by atoms with E-state index in [2.05, 4.69) is 0 Å². The average Bonchev–Trinajstić information content (AvgIpc) is 2.72. The molecule has 3 heteroatoms. The molecule has 1 aliphatic carbocycles. The van der Waals surface area contributed by atoms with Gasteiger partial charge in [-0.25, -0.2) is 0 Å². The van der Waals surface area contributed by atoms with Crippen molar-refractivity contribution in [3.8, 4) is 11.1 Å². The highest BCUT2D eigenvalue weighted by Gasteiger charge is 2.30. The van der Waals surface area contributed by atoms with Gasteiger partial charge in [0.1, 0.15) is 0 Å². The van der Waals surface area contributed by atoms with E-state index in [1.807, 2.05) is 24.3 Å². The summed E-state index contributed by atoms with van der Waals surface area (Å²) < 4.78 is 0. The van der Waals surface area contributed by atoms with E-state index in [9.17, 15) is 9.59 Å². The van der Waals surface area contributed by atoms with Gasteiger partial charge in [0.15, 0.2) is 5.78 Å². The van der Waals surface area contributed by atoms with Crippen LogP contribution in [0.5, 0.6) is 0 Å². The number of rotatable bonds is 1. The zero-order valence-corrected chi connectivity index (χ0v) is 10.8. The molecule has 0 saturated heterocycles.